The van der Waals surface area contributed by atoms with E-state index < -0.39 is 66.7 Å². The first-order valence-electron chi connectivity index (χ1n) is 7.24. The highest BCUT2D eigenvalue weighted by atomic mass is 31.3. The number of aliphatic hydroxyl groups is 2. The quantitative estimate of drug-likeness (QED) is 0.217. The van der Waals surface area contributed by atoms with E-state index >= 15 is 0 Å². The van der Waals surface area contributed by atoms with Gasteiger partial charge in [-0.2, -0.15) is 4.31 Å². The molecule has 2 heterocycles. The molecule has 166 valence electrons. The van der Waals surface area contributed by atoms with Crippen LogP contribution in [-0.4, -0.2) is 49.6 Å². The minimum absolute atomic E-state index is 0.451. The second-order valence-corrected chi connectivity index (χ2v) is 10.0. The van der Waals surface area contributed by atoms with Crippen molar-refractivity contribution in [2.24, 2.45) is 0 Å². The van der Waals surface area contributed by atoms with Crippen LogP contribution in [0.5, 0.6) is 6.01 Å². The first-order chi connectivity index (χ1) is 13.1. The Morgan fingerprint density at radius 1 is 1.38 bits per heavy atom. The molecule has 1 aliphatic rings. The molecule has 29 heavy (non-hydrogen) atoms. The van der Waals surface area contributed by atoms with Crippen LogP contribution in [0.1, 0.15) is 6.23 Å². The summed E-state index contributed by atoms with van der Waals surface area (Å²) < 4.78 is 23.9. The lowest BCUT2D eigenvalue weighted by molar-refractivity contribution is -0.358. The van der Waals surface area contributed by atoms with Gasteiger partial charge in [0.15, 0.2) is 28.5 Å². The van der Waals surface area contributed by atoms with Crippen LogP contribution >= 0.6 is 24.0 Å². The highest BCUT2D eigenvalue weighted by Gasteiger charge is 2.49. The Labute approximate surface area is 162 Å². The van der Waals surface area contributed by atoms with Crippen molar-refractivity contribution in [2.75, 3.05) is 6.61 Å². The highest BCUT2D eigenvalue weighted by Crippen LogP contribution is 2.59. The first-order valence-corrected chi connectivity index (χ1v) is 11.8. The standard InChI is InChI=1S/C9H17N4O13P3/c10-5-1-2-13(9(16)11-5)8-7(6(15)4(3-14)24-8)25-27(17,18)12-28(19,20)26-29(21,22)23/h1-2,4,6-8,14-15H,3H2,(H2,10,11,16)(H2,21,22,23)(H3,12,17,18,19,20)/p-4/t4-,6-,7-,8-/m1/s1. The van der Waals surface area contributed by atoms with Crippen molar-refractivity contribution in [1.29, 1.82) is 5.41 Å². The smallest absolute Gasteiger partial charge is 0.306 e. The Bertz CT molecular complexity index is 830. The van der Waals surface area contributed by atoms with Gasteiger partial charge in [-0.3, -0.25) is 9.97 Å². The Morgan fingerprint density at radius 3 is 2.52 bits per heavy atom. The lowest BCUT2D eigenvalue weighted by atomic mass is 10.1. The summed E-state index contributed by atoms with van der Waals surface area (Å²) in [5.74, 6) is 0. The summed E-state index contributed by atoms with van der Waals surface area (Å²) in [5, 5.41) is 38.4. The fourth-order valence-electron chi connectivity index (χ4n) is 2.30. The van der Waals surface area contributed by atoms with Gasteiger partial charge in [-0.25, -0.2) is 9.51 Å². The molecule has 1 aromatic rings. The molecule has 1 unspecified atom stereocenters. The summed E-state index contributed by atoms with van der Waals surface area (Å²) in [6.07, 6.45) is -6.21. The van der Waals surface area contributed by atoms with Crippen LogP contribution in [0.2, 0.25) is 0 Å². The minimum Gasteiger partial charge on any atom is -0.846 e. The second-order valence-electron chi connectivity index (χ2n) is 5.46. The van der Waals surface area contributed by atoms with Crippen LogP contribution < -0.4 is 39.9 Å². The van der Waals surface area contributed by atoms with Gasteiger partial charge in [0.2, 0.25) is 0 Å². The normalized spacial score (nSPS) is 27.7. The molecule has 1 fully saturated rings. The number of hydrogen-bond donors (Lipinski definition) is 5. The molecule has 0 aromatic carbocycles. The van der Waals surface area contributed by atoms with Crippen LogP contribution in [0.15, 0.2) is 12.3 Å². The van der Waals surface area contributed by atoms with Gasteiger partial charge in [0.25, 0.3) is 0 Å². The number of nitrogens with one attached hydrogen (secondary N) is 2. The third-order valence-electron chi connectivity index (χ3n) is 3.31. The van der Waals surface area contributed by atoms with Crippen molar-refractivity contribution in [3.8, 4) is 6.01 Å². The Hall–Kier alpha value is -0.710. The molecule has 1 aliphatic heterocycles. The van der Waals surface area contributed by atoms with Crippen LogP contribution in [0.25, 0.3) is 0 Å². The summed E-state index contributed by atoms with van der Waals surface area (Å²) in [5.41, 5.74) is -0.451. The zero-order valence-corrected chi connectivity index (χ0v) is 16.5. The van der Waals surface area contributed by atoms with Crippen molar-refractivity contribution < 1.29 is 62.8 Å². The summed E-state index contributed by atoms with van der Waals surface area (Å²) in [6.45, 7) is -0.861. The summed E-state index contributed by atoms with van der Waals surface area (Å²) in [6, 6.07) is -0.122. The van der Waals surface area contributed by atoms with Gasteiger partial charge in [0, 0.05) is 6.20 Å². The Balaban J connectivity index is 2.28. The summed E-state index contributed by atoms with van der Waals surface area (Å²) in [4.78, 5) is 69.5. The molecule has 5 atom stereocenters. The minimum atomic E-state index is -5.95. The van der Waals surface area contributed by atoms with E-state index in [-0.39, 0.29) is 0 Å². The molecule has 0 radical (unpaired) electrons. The fraction of sp³-hybridized carbons (Fsp3) is 0.556. The average Bonchev–Trinajstić information content (AvgIpc) is 2.79. The number of rotatable bonds is 8. The molecule has 0 amide bonds. The van der Waals surface area contributed by atoms with E-state index in [1.807, 2.05) is 0 Å². The number of ether oxygens (including phenoxy) is 1. The number of phosphoric acid groups is 1. The van der Waals surface area contributed by atoms with Gasteiger partial charge in [0.1, 0.15) is 17.7 Å². The summed E-state index contributed by atoms with van der Waals surface area (Å²) >= 11 is 0. The van der Waals surface area contributed by atoms with Crippen LogP contribution in [-0.2, 0) is 18.1 Å². The molecule has 0 spiro atoms. The molecular formula is C9H13N4O13P3-4. The van der Waals surface area contributed by atoms with Crippen LogP contribution in [0.4, 0.5) is 0 Å². The fourth-order valence-corrected chi connectivity index (χ4v) is 5.80. The van der Waals surface area contributed by atoms with Gasteiger partial charge >= 0.3 is 7.82 Å². The largest absolute Gasteiger partial charge is 0.846 e. The predicted octanol–water partition coefficient (Wildman–Crippen LogP) is -7.06. The molecule has 20 heteroatoms. The SMILES string of the molecule is N=c1ccn([C@@H]2O[C@H](CO)[C@@H](O)[C@H]2O[P+]([O-])([O-])N[P+]([O-])([O-])OP(=O)([O-])O)c([O-])n1. The first kappa shape index (κ1) is 24.6. The van der Waals surface area contributed by atoms with E-state index in [2.05, 4.69) is 13.8 Å². The third kappa shape index (κ3) is 6.63. The third-order valence-corrected chi connectivity index (χ3v) is 7.48. The molecule has 0 saturated carbocycles. The highest BCUT2D eigenvalue weighted by molar-refractivity contribution is 7.73. The maximum Gasteiger partial charge on any atom is 0.306 e. The lowest BCUT2D eigenvalue weighted by Crippen LogP contribution is -2.47. The molecule has 1 aromatic heterocycles. The van der Waals surface area contributed by atoms with Gasteiger partial charge in [-0.1, -0.05) is 0 Å². The molecular weight excluding hydrogens is 465 g/mol. The van der Waals surface area contributed by atoms with E-state index in [1.54, 1.807) is 0 Å². The number of aliphatic hydroxyl groups excluding tert-OH is 2. The van der Waals surface area contributed by atoms with Gasteiger partial charge in [-0.05, 0) is 10.9 Å². The maximum atomic E-state index is 12.0. The van der Waals surface area contributed by atoms with E-state index in [1.165, 1.54) is 0 Å². The van der Waals surface area contributed by atoms with Crippen molar-refractivity contribution in [1.82, 2.24) is 14.4 Å². The topological polar surface area (TPSA) is 298 Å². The second kappa shape index (κ2) is 8.80. The van der Waals surface area contributed by atoms with E-state index in [9.17, 15) is 44.4 Å². The van der Waals surface area contributed by atoms with Crippen LogP contribution in [0.3, 0.4) is 0 Å². The van der Waals surface area contributed by atoms with Crippen molar-refractivity contribution >= 4 is 24.0 Å². The Morgan fingerprint density at radius 2 is 2.00 bits per heavy atom. The molecule has 0 aliphatic carbocycles. The zero-order valence-electron chi connectivity index (χ0n) is 13.8. The number of aromatic nitrogens is 2. The number of hydrogen-bond acceptors (Lipinski definition) is 15. The zero-order chi connectivity index (χ0) is 22.2. The summed E-state index contributed by atoms with van der Waals surface area (Å²) in [7, 11) is -17.6. The molecule has 1 saturated heterocycles. The molecule has 5 N–H and O–H groups in total. The van der Waals surface area contributed by atoms with Gasteiger partial charge in [-0.15, -0.1) is 0 Å². The van der Waals surface area contributed by atoms with Gasteiger partial charge < -0.3 is 54.0 Å². The monoisotopic (exact) mass is 478 g/mol. The van der Waals surface area contributed by atoms with Crippen molar-refractivity contribution in [3.05, 3.63) is 17.8 Å². The number of nitrogens with zero attached hydrogens (tertiary/aromatic N) is 2. The van der Waals surface area contributed by atoms with Crippen molar-refractivity contribution in [2.45, 2.75) is 24.5 Å². The van der Waals surface area contributed by atoms with E-state index in [0.29, 0.717) is 4.57 Å². The molecule has 17 nitrogen and oxygen atoms in total. The lowest BCUT2D eigenvalue weighted by Gasteiger charge is -2.43. The van der Waals surface area contributed by atoms with E-state index in [4.69, 9.17) is 15.0 Å². The predicted molar refractivity (Wildman–Crippen MR) is 77.3 cm³/mol. The molecule has 2 rings (SSSR count). The van der Waals surface area contributed by atoms with Gasteiger partial charge in [0.05, 0.1) is 12.6 Å². The Kier molecular flexibility index (Phi) is 7.45. The van der Waals surface area contributed by atoms with E-state index in [0.717, 1.165) is 17.1 Å². The average molecular weight is 478 g/mol. The molecule has 0 bridgehead atoms. The maximum absolute atomic E-state index is 12.0. The van der Waals surface area contributed by atoms with Crippen LogP contribution in [0, 0.1) is 5.41 Å². The van der Waals surface area contributed by atoms with Crippen molar-refractivity contribution in [3.63, 3.8) is 0 Å².